The Morgan fingerprint density at radius 1 is 0.227 bits per heavy atom. The van der Waals surface area contributed by atoms with Crippen LogP contribution in [0.5, 0.6) is 0 Å². The van der Waals surface area contributed by atoms with Crippen molar-refractivity contribution in [3.63, 3.8) is 0 Å². The average Bonchev–Trinajstić information content (AvgIpc) is 3.43. The summed E-state index contributed by atoms with van der Waals surface area (Å²) >= 11 is 0. The third-order valence-corrected chi connectivity index (χ3v) is 8.16. The van der Waals surface area contributed by atoms with E-state index in [0.717, 1.165) is 77.7 Å². The maximum Gasteiger partial charge on any atom is 0.0935 e. The fourth-order valence-electron chi connectivity index (χ4n) is 6.00. The molecule has 0 saturated heterocycles. The van der Waals surface area contributed by atoms with E-state index in [-0.39, 0.29) is 0 Å². The van der Waals surface area contributed by atoms with Gasteiger partial charge in [0.05, 0.1) is 22.7 Å². The smallest absolute Gasteiger partial charge is 0.0935 e. The van der Waals surface area contributed by atoms with E-state index >= 15 is 0 Å². The molecule has 0 amide bonds. The van der Waals surface area contributed by atoms with Gasteiger partial charge in [0.1, 0.15) is 0 Å². The van der Waals surface area contributed by atoms with E-state index in [1.807, 2.05) is 48.5 Å². The van der Waals surface area contributed by atoms with Gasteiger partial charge in [-0.2, -0.15) is 0 Å². The molecule has 0 bridgehead atoms. The molecule has 0 saturated carbocycles. The fraction of sp³-hybridized carbons (Fsp3) is 0. The lowest BCUT2D eigenvalue weighted by atomic mass is 9.93. The van der Waals surface area contributed by atoms with Crippen molar-refractivity contribution in [2.24, 2.45) is 20.5 Å². The topological polar surface area (TPSA) is 49.4 Å². The van der Waals surface area contributed by atoms with Gasteiger partial charge < -0.3 is 0 Å². The van der Waals surface area contributed by atoms with Gasteiger partial charge in [-0.15, -0.1) is 20.5 Å². The summed E-state index contributed by atoms with van der Waals surface area (Å²) < 4.78 is 0. The Labute approximate surface area is 255 Å². The molecule has 4 aliphatic carbocycles. The first-order valence-corrected chi connectivity index (χ1v) is 14.7. The van der Waals surface area contributed by atoms with Gasteiger partial charge >= 0.3 is 0 Å². The van der Waals surface area contributed by atoms with E-state index in [0.29, 0.717) is 0 Å². The summed E-state index contributed by atoms with van der Waals surface area (Å²) in [5.41, 5.74) is 10.2. The van der Waals surface area contributed by atoms with Gasteiger partial charge in [0.25, 0.3) is 0 Å². The van der Waals surface area contributed by atoms with Crippen LogP contribution in [-0.4, -0.2) is 0 Å². The molecule has 4 heteroatoms. The van der Waals surface area contributed by atoms with E-state index in [1.165, 1.54) is 0 Å². The maximum atomic E-state index is 4.73. The van der Waals surface area contributed by atoms with Crippen molar-refractivity contribution in [2.75, 3.05) is 0 Å². The summed E-state index contributed by atoms with van der Waals surface area (Å²) in [5.74, 6) is 0. The van der Waals surface area contributed by atoms with Crippen molar-refractivity contribution in [3.05, 3.63) is 158 Å². The van der Waals surface area contributed by atoms with Crippen molar-refractivity contribution in [1.82, 2.24) is 0 Å². The van der Waals surface area contributed by atoms with Crippen LogP contribution in [0.15, 0.2) is 178 Å². The molecule has 0 unspecified atom stereocenters. The third kappa shape index (κ3) is 4.59. The lowest BCUT2D eigenvalue weighted by Crippen LogP contribution is -1.85. The van der Waals surface area contributed by atoms with Crippen LogP contribution in [0, 0.1) is 0 Å². The van der Waals surface area contributed by atoms with Crippen molar-refractivity contribution in [3.8, 4) is 33.4 Å². The molecular formula is C40H26N4. The molecular weight excluding hydrogens is 536 g/mol. The fourth-order valence-corrected chi connectivity index (χ4v) is 6.00. The van der Waals surface area contributed by atoms with Crippen LogP contribution in [0.4, 0.5) is 22.7 Å². The van der Waals surface area contributed by atoms with Crippen LogP contribution in [-0.2, 0) is 0 Å². The molecule has 0 fully saturated rings. The second-order valence-electron chi connectivity index (χ2n) is 10.8. The molecule has 0 spiro atoms. The highest BCUT2D eigenvalue weighted by atomic mass is 15.1. The van der Waals surface area contributed by atoms with E-state index in [4.69, 9.17) is 10.2 Å². The zero-order valence-electron chi connectivity index (χ0n) is 23.8. The number of rotatable bonds is 5. The van der Waals surface area contributed by atoms with Crippen LogP contribution >= 0.6 is 0 Å². The molecule has 0 heterocycles. The Bertz CT molecular complexity index is 2130. The minimum absolute atomic E-state index is 0.837. The average molecular weight is 563 g/mol. The SMILES string of the molecule is c1ccc2ccc(N=Nc3ccc(-c4ccc(N=Nc5ccc6cccccc5-6)c5ccccc45)c4ccccc34)c-2cc1. The highest BCUT2D eigenvalue weighted by Crippen LogP contribution is 2.42. The van der Waals surface area contributed by atoms with Crippen molar-refractivity contribution < 1.29 is 0 Å². The van der Waals surface area contributed by atoms with Gasteiger partial charge in [-0.25, -0.2) is 0 Å². The Hall–Kier alpha value is -6.00. The second-order valence-corrected chi connectivity index (χ2v) is 10.8. The summed E-state index contributed by atoms with van der Waals surface area (Å²) in [6.45, 7) is 0. The lowest BCUT2D eigenvalue weighted by Gasteiger charge is -2.13. The minimum Gasteiger partial charge on any atom is -0.150 e. The van der Waals surface area contributed by atoms with E-state index in [1.54, 1.807) is 0 Å². The summed E-state index contributed by atoms with van der Waals surface area (Å²) in [7, 11) is 0. The molecule has 0 N–H and O–H groups in total. The summed E-state index contributed by atoms with van der Waals surface area (Å²) in [6.07, 6.45) is 0. The molecule has 0 aromatic heterocycles. The highest BCUT2D eigenvalue weighted by Gasteiger charge is 2.14. The predicted octanol–water partition coefficient (Wildman–Crippen LogP) is 12.7. The monoisotopic (exact) mass is 562 g/mol. The van der Waals surface area contributed by atoms with Gasteiger partial charge in [0, 0.05) is 21.9 Å². The minimum atomic E-state index is 0.837. The Morgan fingerprint density at radius 2 is 0.591 bits per heavy atom. The number of nitrogens with zero attached hydrogens (tertiary/aromatic N) is 4. The largest absolute Gasteiger partial charge is 0.150 e. The van der Waals surface area contributed by atoms with Gasteiger partial charge in [-0.05, 0) is 57.3 Å². The molecule has 44 heavy (non-hydrogen) atoms. The summed E-state index contributed by atoms with van der Waals surface area (Å²) in [4.78, 5) is 0. The second kappa shape index (κ2) is 11.0. The molecule has 0 atom stereocenters. The number of fused-ring (bicyclic) bond motifs is 4. The normalized spacial score (nSPS) is 11.9. The van der Waals surface area contributed by atoms with Crippen molar-refractivity contribution >= 4 is 44.3 Å². The van der Waals surface area contributed by atoms with Crippen molar-refractivity contribution in [1.29, 1.82) is 0 Å². The molecule has 4 aromatic rings. The summed E-state index contributed by atoms with van der Waals surface area (Å²) in [6, 6.07) is 54.0. The van der Waals surface area contributed by atoms with Gasteiger partial charge in [-0.3, -0.25) is 0 Å². The molecule has 0 radical (unpaired) electrons. The lowest BCUT2D eigenvalue weighted by molar-refractivity contribution is 1.25. The standard InChI is InChI=1S/C40H26N4/c1-3-11-27-19-23-37(29(27)13-5-1)41-43-39-25-21-33(31-15-7-9-17-35(31)39)34-22-26-40(36-18-10-8-16-32(34)36)44-42-38-24-20-28-12-4-2-6-14-30(28)38/h1-26H. The number of hydrogen-bond donors (Lipinski definition) is 0. The van der Waals surface area contributed by atoms with Crippen LogP contribution in [0.1, 0.15) is 0 Å². The quantitative estimate of drug-likeness (QED) is 0.187. The van der Waals surface area contributed by atoms with E-state index in [9.17, 15) is 0 Å². The van der Waals surface area contributed by atoms with Crippen molar-refractivity contribution in [2.45, 2.75) is 0 Å². The molecule has 0 aliphatic heterocycles. The molecule has 8 rings (SSSR count). The zero-order chi connectivity index (χ0) is 29.3. The van der Waals surface area contributed by atoms with Gasteiger partial charge in [0.15, 0.2) is 0 Å². The van der Waals surface area contributed by atoms with Crippen LogP contribution in [0.25, 0.3) is 54.9 Å². The predicted molar refractivity (Wildman–Crippen MR) is 181 cm³/mol. The summed E-state index contributed by atoms with van der Waals surface area (Å²) in [5, 5.41) is 23.2. The van der Waals surface area contributed by atoms with E-state index in [2.05, 4.69) is 119 Å². The Balaban J connectivity index is 1.19. The zero-order valence-corrected chi connectivity index (χ0v) is 23.8. The highest BCUT2D eigenvalue weighted by molar-refractivity contribution is 6.10. The number of hydrogen-bond acceptors (Lipinski definition) is 4. The van der Waals surface area contributed by atoms with Gasteiger partial charge in [0.2, 0.25) is 0 Å². The van der Waals surface area contributed by atoms with Crippen LogP contribution < -0.4 is 0 Å². The number of azo groups is 2. The molecule has 4 aromatic carbocycles. The first-order valence-electron chi connectivity index (χ1n) is 14.7. The van der Waals surface area contributed by atoms with Crippen LogP contribution in [0.2, 0.25) is 0 Å². The van der Waals surface area contributed by atoms with Crippen LogP contribution in [0.3, 0.4) is 0 Å². The first-order chi connectivity index (χ1) is 21.8. The Kier molecular flexibility index (Phi) is 6.43. The number of benzene rings is 4. The third-order valence-electron chi connectivity index (χ3n) is 8.16. The first kappa shape index (κ1) is 25.7. The Morgan fingerprint density at radius 3 is 1.07 bits per heavy atom. The molecule has 206 valence electrons. The maximum absolute atomic E-state index is 4.73. The molecule has 4 aliphatic rings. The van der Waals surface area contributed by atoms with E-state index < -0.39 is 0 Å². The van der Waals surface area contributed by atoms with Gasteiger partial charge in [-0.1, -0.05) is 133 Å². The molecule has 4 nitrogen and oxygen atoms in total.